The van der Waals surface area contributed by atoms with Crippen LogP contribution in [0.5, 0.6) is 5.88 Å². The maximum absolute atomic E-state index is 14.2. The summed E-state index contributed by atoms with van der Waals surface area (Å²) >= 11 is 5.85. The number of likely N-dealkylation sites (tertiary alicyclic amines) is 1. The molecule has 0 saturated carbocycles. The number of carboxylic acid groups (broad SMARTS) is 1. The number of rotatable bonds is 9. The van der Waals surface area contributed by atoms with Crippen LogP contribution in [0.2, 0.25) is 5.02 Å². The SMILES string of the molecule is O=C(O)c1ccc2nc(CN3CCC(Oc4ccnc(Cc5ccc(Cl)cc5F)n4)CC3)n(C[C@@H]3CCO3)c2n1. The van der Waals surface area contributed by atoms with Gasteiger partial charge in [-0.3, -0.25) is 4.90 Å². The number of ether oxygens (including phenoxy) is 2. The van der Waals surface area contributed by atoms with E-state index in [2.05, 4.69) is 19.9 Å². The molecular weight excluding hydrogens is 539 g/mol. The van der Waals surface area contributed by atoms with E-state index in [1.165, 1.54) is 12.1 Å². The van der Waals surface area contributed by atoms with Crippen molar-refractivity contribution < 1.29 is 23.8 Å². The van der Waals surface area contributed by atoms with Crippen LogP contribution < -0.4 is 4.74 Å². The topological polar surface area (TPSA) is 115 Å². The summed E-state index contributed by atoms with van der Waals surface area (Å²) in [5.74, 6) is 0.341. The lowest BCUT2D eigenvalue weighted by molar-refractivity contribution is -0.0593. The van der Waals surface area contributed by atoms with Crippen LogP contribution in [0.15, 0.2) is 42.6 Å². The van der Waals surface area contributed by atoms with Crippen molar-refractivity contribution in [2.45, 2.75) is 51.0 Å². The van der Waals surface area contributed by atoms with Crippen LogP contribution in [0.3, 0.4) is 0 Å². The minimum atomic E-state index is -1.06. The highest BCUT2D eigenvalue weighted by molar-refractivity contribution is 6.30. The van der Waals surface area contributed by atoms with Crippen molar-refractivity contribution in [3.05, 3.63) is 76.3 Å². The second-order valence-corrected chi connectivity index (χ2v) is 10.5. The number of halogens is 2. The average molecular weight is 567 g/mol. The summed E-state index contributed by atoms with van der Waals surface area (Å²) in [7, 11) is 0. The third-order valence-electron chi connectivity index (χ3n) is 7.30. The number of carbonyl (C=O) groups is 1. The molecule has 0 unspecified atom stereocenters. The van der Waals surface area contributed by atoms with Gasteiger partial charge in [-0.05, 0) is 49.1 Å². The molecule has 2 fully saturated rings. The monoisotopic (exact) mass is 566 g/mol. The third-order valence-corrected chi connectivity index (χ3v) is 7.54. The molecule has 0 aliphatic carbocycles. The van der Waals surface area contributed by atoms with E-state index >= 15 is 0 Å². The summed E-state index contributed by atoms with van der Waals surface area (Å²) in [5.41, 5.74) is 1.72. The third kappa shape index (κ3) is 5.91. The van der Waals surface area contributed by atoms with Gasteiger partial charge in [0.1, 0.15) is 29.1 Å². The van der Waals surface area contributed by atoms with E-state index in [-0.39, 0.29) is 30.1 Å². The molecule has 40 heavy (non-hydrogen) atoms. The molecule has 2 saturated heterocycles. The lowest BCUT2D eigenvalue weighted by atomic mass is 10.1. The highest BCUT2D eigenvalue weighted by atomic mass is 35.5. The van der Waals surface area contributed by atoms with Crippen molar-refractivity contribution in [3.63, 3.8) is 0 Å². The van der Waals surface area contributed by atoms with Gasteiger partial charge >= 0.3 is 5.97 Å². The summed E-state index contributed by atoms with van der Waals surface area (Å²) in [5, 5.41) is 9.76. The van der Waals surface area contributed by atoms with E-state index in [4.69, 9.17) is 26.1 Å². The minimum absolute atomic E-state index is 0.00105. The number of pyridine rings is 1. The molecule has 5 heterocycles. The van der Waals surface area contributed by atoms with Gasteiger partial charge in [0.25, 0.3) is 0 Å². The molecule has 1 N–H and O–H groups in total. The number of carboxylic acids is 1. The molecule has 208 valence electrons. The number of imidazole rings is 1. The standard InChI is InChI=1S/C28H28ClFN6O4/c29-18-2-1-17(21(30)14-18)13-24-31-9-5-26(34-24)40-19-6-10-35(11-7-19)16-25-32-22-3-4-23(28(37)38)33-27(22)36(25)15-20-8-12-39-20/h1-5,9,14,19-20H,6-8,10-13,15-16H2,(H,37,38)/t20-/m0/s1. The number of aromatic carboxylic acids is 1. The lowest BCUT2D eigenvalue weighted by Gasteiger charge is -2.32. The van der Waals surface area contributed by atoms with Crippen LogP contribution in [0.25, 0.3) is 11.2 Å². The first-order valence-electron chi connectivity index (χ1n) is 13.3. The molecule has 2 aliphatic heterocycles. The normalized spacial score (nSPS) is 18.1. The maximum atomic E-state index is 14.2. The molecule has 0 spiro atoms. The van der Waals surface area contributed by atoms with Crippen molar-refractivity contribution in [3.8, 4) is 5.88 Å². The highest BCUT2D eigenvalue weighted by Gasteiger charge is 2.26. The summed E-state index contributed by atoms with van der Waals surface area (Å²) in [6.45, 7) is 3.55. The van der Waals surface area contributed by atoms with E-state index in [0.717, 1.165) is 44.8 Å². The van der Waals surface area contributed by atoms with Crippen molar-refractivity contribution in [2.75, 3.05) is 19.7 Å². The van der Waals surface area contributed by atoms with E-state index in [0.29, 0.717) is 46.5 Å². The van der Waals surface area contributed by atoms with Gasteiger partial charge in [-0.2, -0.15) is 4.98 Å². The molecule has 12 heteroatoms. The fraction of sp³-hybridized carbons (Fsp3) is 0.393. The van der Waals surface area contributed by atoms with Crippen LogP contribution in [0, 0.1) is 5.82 Å². The molecule has 1 aromatic carbocycles. The summed E-state index contributed by atoms with van der Waals surface area (Å²) in [6.07, 6.45) is 4.51. The average Bonchev–Trinajstić information content (AvgIpc) is 3.25. The molecule has 4 aromatic rings. The predicted octanol–water partition coefficient (Wildman–Crippen LogP) is 4.14. The minimum Gasteiger partial charge on any atom is -0.477 e. The van der Waals surface area contributed by atoms with E-state index < -0.39 is 5.97 Å². The smallest absolute Gasteiger partial charge is 0.354 e. The van der Waals surface area contributed by atoms with Crippen molar-refractivity contribution in [1.29, 1.82) is 0 Å². The fourth-order valence-electron chi connectivity index (χ4n) is 5.03. The van der Waals surface area contributed by atoms with Crippen molar-refractivity contribution in [1.82, 2.24) is 29.4 Å². The Kier molecular flexibility index (Phi) is 7.59. The van der Waals surface area contributed by atoms with Gasteiger partial charge in [-0.25, -0.2) is 24.1 Å². The first kappa shape index (κ1) is 26.5. The zero-order valence-electron chi connectivity index (χ0n) is 21.7. The number of aromatic nitrogens is 5. The van der Waals surface area contributed by atoms with Gasteiger partial charge in [0.05, 0.1) is 19.2 Å². The Morgan fingerprint density at radius 3 is 2.67 bits per heavy atom. The lowest BCUT2D eigenvalue weighted by Crippen LogP contribution is -2.39. The molecule has 2 aliphatic rings. The Balaban J connectivity index is 1.09. The van der Waals surface area contributed by atoms with Crippen LogP contribution in [-0.2, 0) is 24.2 Å². The molecule has 0 radical (unpaired) electrons. The Labute approximate surface area is 234 Å². The maximum Gasteiger partial charge on any atom is 0.354 e. The number of fused-ring (bicyclic) bond motifs is 1. The number of hydrogen-bond donors (Lipinski definition) is 1. The van der Waals surface area contributed by atoms with Gasteiger partial charge < -0.3 is 19.1 Å². The van der Waals surface area contributed by atoms with Gasteiger partial charge in [-0.15, -0.1) is 0 Å². The highest BCUT2D eigenvalue weighted by Crippen LogP contribution is 2.24. The van der Waals surface area contributed by atoms with Crippen LogP contribution in [0.1, 0.15) is 47.0 Å². The number of piperidine rings is 1. The Morgan fingerprint density at radius 2 is 1.95 bits per heavy atom. The van der Waals surface area contributed by atoms with Crippen LogP contribution >= 0.6 is 11.6 Å². The number of hydrogen-bond acceptors (Lipinski definition) is 8. The Hall–Kier alpha value is -3.67. The number of benzene rings is 1. The van der Waals surface area contributed by atoms with Crippen molar-refractivity contribution >= 4 is 28.7 Å². The van der Waals surface area contributed by atoms with Crippen molar-refractivity contribution in [2.24, 2.45) is 0 Å². The van der Waals surface area contributed by atoms with Gasteiger partial charge in [0.2, 0.25) is 5.88 Å². The first-order chi connectivity index (χ1) is 19.4. The second-order valence-electron chi connectivity index (χ2n) is 10.1. The molecule has 6 rings (SSSR count). The Morgan fingerprint density at radius 1 is 1.12 bits per heavy atom. The molecule has 0 amide bonds. The second kappa shape index (κ2) is 11.4. The van der Waals surface area contributed by atoms with E-state index in [1.54, 1.807) is 30.5 Å². The summed E-state index contributed by atoms with van der Waals surface area (Å²) in [6, 6.07) is 9.49. The van der Waals surface area contributed by atoms with E-state index in [9.17, 15) is 14.3 Å². The predicted molar refractivity (Wildman–Crippen MR) is 144 cm³/mol. The summed E-state index contributed by atoms with van der Waals surface area (Å²) < 4.78 is 28.0. The van der Waals surface area contributed by atoms with Gasteiger partial charge in [-0.1, -0.05) is 17.7 Å². The van der Waals surface area contributed by atoms with Gasteiger partial charge in [0, 0.05) is 43.4 Å². The summed E-state index contributed by atoms with van der Waals surface area (Å²) in [4.78, 5) is 31.7. The zero-order valence-corrected chi connectivity index (χ0v) is 22.4. The first-order valence-corrected chi connectivity index (χ1v) is 13.6. The van der Waals surface area contributed by atoms with Crippen LogP contribution in [0.4, 0.5) is 4.39 Å². The van der Waals surface area contributed by atoms with Crippen LogP contribution in [-0.4, -0.2) is 72.4 Å². The van der Waals surface area contributed by atoms with Gasteiger partial charge in [0.15, 0.2) is 11.3 Å². The zero-order chi connectivity index (χ0) is 27.6. The molecule has 1 atom stereocenters. The number of nitrogens with zero attached hydrogens (tertiary/aromatic N) is 6. The largest absolute Gasteiger partial charge is 0.477 e. The Bertz CT molecular complexity index is 1540. The molecule has 3 aromatic heterocycles. The molecule has 10 nitrogen and oxygen atoms in total. The fourth-order valence-corrected chi connectivity index (χ4v) is 5.19. The van der Waals surface area contributed by atoms with E-state index in [1.807, 2.05) is 4.57 Å². The molecular formula is C28H28ClFN6O4. The quantitative estimate of drug-likeness (QED) is 0.319. The molecule has 0 bridgehead atoms.